The molecule has 1 saturated heterocycles. The summed E-state index contributed by atoms with van der Waals surface area (Å²) in [6.45, 7) is 6.30. The molecule has 0 radical (unpaired) electrons. The van der Waals surface area contributed by atoms with Crippen molar-refractivity contribution in [3.8, 4) is 10.6 Å². The van der Waals surface area contributed by atoms with Crippen LogP contribution in [0.5, 0.6) is 0 Å². The molecule has 1 aromatic carbocycles. The zero-order valence-electron chi connectivity index (χ0n) is 16.9. The molecule has 0 saturated carbocycles. The van der Waals surface area contributed by atoms with Gasteiger partial charge in [0.2, 0.25) is 0 Å². The Morgan fingerprint density at radius 1 is 0.968 bits per heavy atom. The van der Waals surface area contributed by atoms with E-state index >= 15 is 0 Å². The van der Waals surface area contributed by atoms with Gasteiger partial charge in [0.15, 0.2) is 5.13 Å². The molecule has 0 atom stereocenters. The lowest BCUT2D eigenvalue weighted by molar-refractivity contribution is 0.0850. The first-order chi connectivity index (χ1) is 14.9. The molecule has 2 N–H and O–H groups in total. The molecule has 8 nitrogen and oxygen atoms in total. The molecule has 0 bridgehead atoms. The minimum absolute atomic E-state index is 0.400. The van der Waals surface area contributed by atoms with Crippen molar-refractivity contribution in [3.63, 3.8) is 0 Å². The molecule has 1 fully saturated rings. The summed E-state index contributed by atoms with van der Waals surface area (Å²) in [5, 5.41) is 2.12. The zero-order chi connectivity index (χ0) is 22.0. The van der Waals surface area contributed by atoms with E-state index in [-0.39, 0.29) is 0 Å². The highest BCUT2D eigenvalue weighted by molar-refractivity contribution is 7.17. The number of rotatable bonds is 4. The lowest BCUT2D eigenvalue weighted by atomic mass is 10.2. The molecule has 2 amide bonds. The summed E-state index contributed by atoms with van der Waals surface area (Å²) >= 11 is 8.49. The Morgan fingerprint density at radius 3 is 2.19 bits per heavy atom. The van der Waals surface area contributed by atoms with E-state index in [1.165, 1.54) is 22.7 Å². The Bertz CT molecular complexity index is 1110. The number of aryl methyl sites for hydroxylation is 2. The fraction of sp³-hybridized carbons (Fsp3) is 0.300. The van der Waals surface area contributed by atoms with E-state index in [0.717, 1.165) is 23.8 Å². The number of benzene rings is 1. The third-order valence-corrected chi connectivity index (χ3v) is 7.33. The molecule has 4 rings (SSSR count). The van der Waals surface area contributed by atoms with E-state index in [4.69, 9.17) is 16.3 Å². The lowest BCUT2D eigenvalue weighted by Crippen LogP contribution is -2.41. The van der Waals surface area contributed by atoms with Crippen molar-refractivity contribution in [1.29, 1.82) is 0 Å². The van der Waals surface area contributed by atoms with Gasteiger partial charge in [-0.2, -0.15) is 0 Å². The number of amides is 2. The summed E-state index contributed by atoms with van der Waals surface area (Å²) in [7, 11) is 0. The molecule has 31 heavy (non-hydrogen) atoms. The van der Waals surface area contributed by atoms with Crippen LogP contribution in [0.3, 0.4) is 0 Å². The van der Waals surface area contributed by atoms with Gasteiger partial charge >= 0.3 is 0 Å². The predicted octanol–water partition coefficient (Wildman–Crippen LogP) is 3.45. The first kappa shape index (κ1) is 21.7. The van der Waals surface area contributed by atoms with E-state index in [1.807, 2.05) is 12.1 Å². The minimum atomic E-state index is -0.417. The summed E-state index contributed by atoms with van der Waals surface area (Å²) < 4.78 is 5.36. The van der Waals surface area contributed by atoms with Gasteiger partial charge in [0.25, 0.3) is 11.8 Å². The van der Waals surface area contributed by atoms with E-state index in [0.29, 0.717) is 44.4 Å². The SMILES string of the molecule is Cc1nc(-c2ccc(Cl)cc2)sc1C(=O)NNC(=O)c1sc(N2CCOCC2)nc1C. The van der Waals surface area contributed by atoms with E-state index in [2.05, 4.69) is 25.7 Å². The number of nitrogens with one attached hydrogen (secondary N) is 2. The summed E-state index contributed by atoms with van der Waals surface area (Å²) in [6, 6.07) is 7.25. The number of thiazole rings is 2. The van der Waals surface area contributed by atoms with Crippen molar-refractivity contribution < 1.29 is 14.3 Å². The number of morpholine rings is 1. The number of hydrazine groups is 1. The van der Waals surface area contributed by atoms with Crippen molar-refractivity contribution in [1.82, 2.24) is 20.8 Å². The van der Waals surface area contributed by atoms with Crippen LogP contribution in [-0.4, -0.2) is 48.1 Å². The number of hydrogen-bond donors (Lipinski definition) is 2. The van der Waals surface area contributed by atoms with Crippen molar-refractivity contribution in [3.05, 3.63) is 50.4 Å². The molecule has 3 aromatic rings. The minimum Gasteiger partial charge on any atom is -0.378 e. The molecule has 0 aliphatic carbocycles. The third-order valence-electron chi connectivity index (χ3n) is 4.66. The van der Waals surface area contributed by atoms with Gasteiger partial charge in [-0.05, 0) is 26.0 Å². The van der Waals surface area contributed by atoms with Gasteiger partial charge in [0, 0.05) is 23.7 Å². The van der Waals surface area contributed by atoms with Crippen LogP contribution in [0.25, 0.3) is 10.6 Å². The Labute approximate surface area is 192 Å². The number of aromatic nitrogens is 2. The number of nitrogens with zero attached hydrogens (tertiary/aromatic N) is 3. The molecule has 1 aliphatic heterocycles. The van der Waals surface area contributed by atoms with Crippen LogP contribution >= 0.6 is 34.3 Å². The van der Waals surface area contributed by atoms with Crippen molar-refractivity contribution >= 4 is 51.2 Å². The van der Waals surface area contributed by atoms with Crippen LogP contribution in [-0.2, 0) is 4.74 Å². The Kier molecular flexibility index (Phi) is 6.51. The summed E-state index contributed by atoms with van der Waals surface area (Å²) in [5.74, 6) is -0.818. The number of halogens is 1. The highest BCUT2D eigenvalue weighted by atomic mass is 35.5. The fourth-order valence-electron chi connectivity index (χ4n) is 3.03. The van der Waals surface area contributed by atoms with Crippen molar-refractivity contribution in [2.24, 2.45) is 0 Å². The first-order valence-corrected chi connectivity index (χ1v) is 11.6. The summed E-state index contributed by atoms with van der Waals surface area (Å²) in [6.07, 6.45) is 0. The van der Waals surface area contributed by atoms with Gasteiger partial charge in [-0.1, -0.05) is 35.1 Å². The molecular formula is C20H20ClN5O3S2. The molecule has 0 spiro atoms. The molecular weight excluding hydrogens is 458 g/mol. The van der Waals surface area contributed by atoms with Crippen LogP contribution in [0.2, 0.25) is 5.02 Å². The van der Waals surface area contributed by atoms with Crippen LogP contribution in [0.15, 0.2) is 24.3 Å². The second-order valence-corrected chi connectivity index (χ2v) is 9.27. The Balaban J connectivity index is 1.41. The average molecular weight is 478 g/mol. The monoisotopic (exact) mass is 477 g/mol. The standard InChI is InChI=1S/C20H20ClN5O3S2/c1-11-15(30-19(22-11)13-3-5-14(21)6-4-13)17(27)24-25-18(28)16-12(2)23-20(31-16)26-7-9-29-10-8-26/h3-6H,7-10H2,1-2H3,(H,24,27)(H,25,28). The molecule has 3 heterocycles. The maximum Gasteiger partial charge on any atom is 0.281 e. The largest absolute Gasteiger partial charge is 0.378 e. The Hall–Kier alpha value is -2.53. The highest BCUT2D eigenvalue weighted by Crippen LogP contribution is 2.29. The number of anilines is 1. The fourth-order valence-corrected chi connectivity index (χ4v) is 5.14. The van der Waals surface area contributed by atoms with Gasteiger partial charge < -0.3 is 9.64 Å². The highest BCUT2D eigenvalue weighted by Gasteiger charge is 2.22. The van der Waals surface area contributed by atoms with Crippen LogP contribution in [0.4, 0.5) is 5.13 Å². The Morgan fingerprint density at radius 2 is 1.55 bits per heavy atom. The average Bonchev–Trinajstić information content (AvgIpc) is 3.36. The maximum absolute atomic E-state index is 12.6. The maximum atomic E-state index is 12.6. The third kappa shape index (κ3) is 4.87. The van der Waals surface area contributed by atoms with Gasteiger partial charge in [-0.3, -0.25) is 20.4 Å². The molecule has 1 aliphatic rings. The zero-order valence-corrected chi connectivity index (χ0v) is 19.3. The molecule has 2 aromatic heterocycles. The number of hydrogen-bond acceptors (Lipinski definition) is 8. The summed E-state index contributed by atoms with van der Waals surface area (Å²) in [4.78, 5) is 37.2. The van der Waals surface area contributed by atoms with E-state index in [1.54, 1.807) is 26.0 Å². The molecule has 0 unspecified atom stereocenters. The van der Waals surface area contributed by atoms with E-state index < -0.39 is 11.8 Å². The predicted molar refractivity (Wildman–Crippen MR) is 122 cm³/mol. The van der Waals surface area contributed by atoms with Crippen molar-refractivity contribution in [2.75, 3.05) is 31.2 Å². The number of carbonyl (C=O) groups excluding carboxylic acids is 2. The molecule has 162 valence electrons. The second-order valence-electron chi connectivity index (χ2n) is 6.86. The molecule has 11 heteroatoms. The van der Waals surface area contributed by atoms with Gasteiger partial charge in [-0.15, -0.1) is 11.3 Å². The van der Waals surface area contributed by atoms with Gasteiger partial charge in [-0.25, -0.2) is 9.97 Å². The van der Waals surface area contributed by atoms with Crippen LogP contribution in [0, 0.1) is 13.8 Å². The van der Waals surface area contributed by atoms with Gasteiger partial charge in [0.1, 0.15) is 14.8 Å². The van der Waals surface area contributed by atoms with Gasteiger partial charge in [0.05, 0.1) is 24.6 Å². The normalized spacial score (nSPS) is 13.8. The lowest BCUT2D eigenvalue weighted by Gasteiger charge is -2.25. The van der Waals surface area contributed by atoms with Crippen molar-refractivity contribution in [2.45, 2.75) is 13.8 Å². The quantitative estimate of drug-likeness (QED) is 0.559. The topological polar surface area (TPSA) is 96.5 Å². The first-order valence-electron chi connectivity index (χ1n) is 9.56. The van der Waals surface area contributed by atoms with E-state index in [9.17, 15) is 9.59 Å². The smallest absolute Gasteiger partial charge is 0.281 e. The second kappa shape index (κ2) is 9.31. The van der Waals surface area contributed by atoms with Crippen LogP contribution in [0.1, 0.15) is 30.7 Å². The van der Waals surface area contributed by atoms with Crippen LogP contribution < -0.4 is 15.8 Å². The number of carbonyl (C=O) groups is 2. The number of ether oxygens (including phenoxy) is 1. The summed E-state index contributed by atoms with van der Waals surface area (Å²) in [5.41, 5.74) is 7.05.